The number of anilines is 1. The molecule has 3 rings (SSSR count). The summed E-state index contributed by atoms with van der Waals surface area (Å²) in [6.45, 7) is 0. The molecule has 1 atom stereocenters. The normalized spacial score (nSPS) is 18.4. The van der Waals surface area contributed by atoms with Gasteiger partial charge in [0.25, 0.3) is 0 Å². The lowest BCUT2D eigenvalue weighted by molar-refractivity contribution is 0.609. The molecule has 0 spiro atoms. The van der Waals surface area contributed by atoms with Crippen molar-refractivity contribution in [3.05, 3.63) is 47.2 Å². The zero-order valence-corrected chi connectivity index (χ0v) is 14.9. The van der Waals surface area contributed by atoms with Gasteiger partial charge in [0.2, 0.25) is 0 Å². The molecule has 0 radical (unpaired) electrons. The summed E-state index contributed by atoms with van der Waals surface area (Å²) in [5.41, 5.74) is 2.76. The highest BCUT2D eigenvalue weighted by Crippen LogP contribution is 2.38. The monoisotopic (exact) mass is 481 g/mol. The van der Waals surface area contributed by atoms with E-state index in [0.717, 1.165) is 0 Å². The summed E-state index contributed by atoms with van der Waals surface area (Å²) >= 11 is 6.75. The molecule has 2 aromatic rings. The number of nitrogens with one attached hydrogen (secondary N) is 1. The Morgan fingerprint density at radius 1 is 1.22 bits per heavy atom. The van der Waals surface area contributed by atoms with Gasteiger partial charge in [-0.25, -0.2) is 0 Å². The predicted molar refractivity (Wildman–Crippen MR) is 95.5 cm³/mol. The molecule has 0 bridgehead atoms. The standard InChI is InChI=1S/C14H13I2NS/c15-9-3-1-4-10(7-9)17-12-5-2-6-13-11(12)8-14(16)18-13/h1,3-4,7-8,12,17H,2,5-6H2. The highest BCUT2D eigenvalue weighted by Gasteiger charge is 2.22. The van der Waals surface area contributed by atoms with E-state index in [2.05, 4.69) is 80.8 Å². The lowest BCUT2D eigenvalue weighted by Crippen LogP contribution is -2.15. The maximum atomic E-state index is 3.69. The van der Waals surface area contributed by atoms with Gasteiger partial charge >= 0.3 is 0 Å². The molecule has 1 aromatic carbocycles. The molecule has 94 valence electrons. The number of hydrogen-bond acceptors (Lipinski definition) is 2. The second-order valence-corrected chi connectivity index (χ2v) is 8.81. The molecule has 1 heterocycles. The fourth-order valence-electron chi connectivity index (χ4n) is 2.45. The molecule has 0 saturated carbocycles. The summed E-state index contributed by atoms with van der Waals surface area (Å²) in [6.07, 6.45) is 3.80. The Bertz CT molecular complexity index is 565. The summed E-state index contributed by atoms with van der Waals surface area (Å²) in [4.78, 5) is 1.58. The molecular formula is C14H13I2NS. The third kappa shape index (κ3) is 2.85. The van der Waals surface area contributed by atoms with Crippen molar-refractivity contribution in [2.24, 2.45) is 0 Å². The second-order valence-electron chi connectivity index (χ2n) is 4.53. The molecule has 0 fully saturated rings. The van der Waals surface area contributed by atoms with Crippen LogP contribution in [-0.4, -0.2) is 0 Å². The van der Waals surface area contributed by atoms with Gasteiger partial charge in [0.15, 0.2) is 0 Å². The summed E-state index contributed by atoms with van der Waals surface area (Å²) in [7, 11) is 0. The zero-order valence-electron chi connectivity index (χ0n) is 9.75. The zero-order chi connectivity index (χ0) is 12.5. The Morgan fingerprint density at radius 2 is 2.11 bits per heavy atom. The van der Waals surface area contributed by atoms with Crippen molar-refractivity contribution in [1.82, 2.24) is 0 Å². The van der Waals surface area contributed by atoms with E-state index in [1.807, 2.05) is 11.3 Å². The maximum Gasteiger partial charge on any atom is 0.0660 e. The van der Waals surface area contributed by atoms with Crippen LogP contribution in [0, 0.1) is 6.45 Å². The Balaban J connectivity index is 1.86. The topological polar surface area (TPSA) is 12.0 Å². The maximum absolute atomic E-state index is 3.69. The van der Waals surface area contributed by atoms with Crippen LogP contribution in [-0.2, 0) is 6.42 Å². The smallest absolute Gasteiger partial charge is 0.0660 e. The average molecular weight is 481 g/mol. The third-order valence-electron chi connectivity index (χ3n) is 3.25. The fraction of sp³-hybridized carbons (Fsp3) is 0.286. The number of benzene rings is 1. The molecule has 1 N–H and O–H groups in total. The predicted octanol–water partition coefficient (Wildman–Crippen LogP) is 5.45. The van der Waals surface area contributed by atoms with Gasteiger partial charge < -0.3 is 5.32 Å². The first-order chi connectivity index (χ1) is 8.72. The lowest BCUT2D eigenvalue weighted by Gasteiger charge is -2.24. The number of fused-ring (bicyclic) bond motifs is 1. The van der Waals surface area contributed by atoms with Crippen LogP contribution in [0.5, 0.6) is 0 Å². The average Bonchev–Trinajstić information content (AvgIpc) is 2.71. The SMILES string of the molecule is Ic1cccc(NC2CCCc3sc(I)cc32)c1. The molecule has 18 heavy (non-hydrogen) atoms. The quantitative estimate of drug-likeness (QED) is 0.564. The Kier molecular flexibility index (Phi) is 4.15. The Morgan fingerprint density at radius 3 is 2.94 bits per heavy atom. The summed E-state index contributed by atoms with van der Waals surface area (Å²) in [5, 5.41) is 3.69. The van der Waals surface area contributed by atoms with E-state index in [-0.39, 0.29) is 0 Å². The van der Waals surface area contributed by atoms with Gasteiger partial charge in [0.1, 0.15) is 0 Å². The minimum absolute atomic E-state index is 0.492. The summed E-state index contributed by atoms with van der Waals surface area (Å²) in [5.74, 6) is 0. The van der Waals surface area contributed by atoms with Crippen LogP contribution in [0.2, 0.25) is 0 Å². The number of hydrogen-bond donors (Lipinski definition) is 1. The first-order valence-electron chi connectivity index (χ1n) is 6.02. The van der Waals surface area contributed by atoms with Gasteiger partial charge in [-0.1, -0.05) is 6.07 Å². The van der Waals surface area contributed by atoms with Gasteiger partial charge in [0.05, 0.1) is 8.93 Å². The minimum atomic E-state index is 0.492. The van der Waals surface area contributed by atoms with Crippen molar-refractivity contribution >= 4 is 62.2 Å². The van der Waals surface area contributed by atoms with Gasteiger partial charge in [-0.2, -0.15) is 0 Å². The van der Waals surface area contributed by atoms with Gasteiger partial charge in [-0.3, -0.25) is 0 Å². The second kappa shape index (κ2) is 5.66. The molecule has 4 heteroatoms. The number of aryl methyl sites for hydroxylation is 1. The molecular weight excluding hydrogens is 468 g/mol. The van der Waals surface area contributed by atoms with E-state index in [0.29, 0.717) is 6.04 Å². The Labute approximate surface area is 139 Å². The number of rotatable bonds is 2. The first-order valence-corrected chi connectivity index (χ1v) is 9.00. The largest absolute Gasteiger partial charge is 0.378 e. The highest BCUT2D eigenvalue weighted by molar-refractivity contribution is 14.1. The van der Waals surface area contributed by atoms with Crippen molar-refractivity contribution in [2.45, 2.75) is 25.3 Å². The lowest BCUT2D eigenvalue weighted by atomic mass is 9.94. The van der Waals surface area contributed by atoms with Crippen LogP contribution >= 0.6 is 56.5 Å². The van der Waals surface area contributed by atoms with Gasteiger partial charge in [-0.05, 0) is 94.3 Å². The Hall–Kier alpha value is 0.180. The van der Waals surface area contributed by atoms with Gasteiger partial charge in [0, 0.05) is 14.1 Å². The number of halogens is 2. The highest BCUT2D eigenvalue weighted by atomic mass is 127. The van der Waals surface area contributed by atoms with E-state index in [1.54, 1.807) is 4.88 Å². The van der Waals surface area contributed by atoms with Crippen LogP contribution < -0.4 is 5.32 Å². The molecule has 1 aliphatic carbocycles. The van der Waals surface area contributed by atoms with E-state index >= 15 is 0 Å². The van der Waals surface area contributed by atoms with Crippen molar-refractivity contribution in [3.63, 3.8) is 0 Å². The molecule has 0 aliphatic heterocycles. The summed E-state index contributed by atoms with van der Waals surface area (Å²) < 4.78 is 2.70. The third-order valence-corrected chi connectivity index (χ3v) is 5.89. The minimum Gasteiger partial charge on any atom is -0.378 e. The molecule has 0 saturated heterocycles. The molecule has 1 aliphatic rings. The van der Waals surface area contributed by atoms with E-state index in [9.17, 15) is 0 Å². The van der Waals surface area contributed by atoms with Crippen molar-refractivity contribution in [3.8, 4) is 0 Å². The van der Waals surface area contributed by atoms with Crippen molar-refractivity contribution in [2.75, 3.05) is 5.32 Å². The molecule has 1 nitrogen and oxygen atoms in total. The van der Waals surface area contributed by atoms with Crippen molar-refractivity contribution < 1.29 is 0 Å². The van der Waals surface area contributed by atoms with E-state index < -0.39 is 0 Å². The van der Waals surface area contributed by atoms with Crippen LogP contribution in [0.3, 0.4) is 0 Å². The van der Waals surface area contributed by atoms with Crippen LogP contribution in [0.4, 0.5) is 5.69 Å². The van der Waals surface area contributed by atoms with Crippen LogP contribution in [0.25, 0.3) is 0 Å². The fourth-order valence-corrected chi connectivity index (χ4v) is 5.11. The molecule has 0 amide bonds. The van der Waals surface area contributed by atoms with Crippen LogP contribution in [0.15, 0.2) is 30.3 Å². The molecule has 1 unspecified atom stereocenters. The van der Waals surface area contributed by atoms with Gasteiger partial charge in [-0.15, -0.1) is 11.3 Å². The van der Waals surface area contributed by atoms with E-state index in [4.69, 9.17) is 0 Å². The molecule has 1 aromatic heterocycles. The summed E-state index contributed by atoms with van der Waals surface area (Å²) in [6, 6.07) is 11.5. The van der Waals surface area contributed by atoms with Crippen LogP contribution in [0.1, 0.15) is 29.3 Å². The number of thiophene rings is 1. The van der Waals surface area contributed by atoms with Crippen molar-refractivity contribution in [1.29, 1.82) is 0 Å². The van der Waals surface area contributed by atoms with E-state index in [1.165, 1.54) is 37.0 Å². The first kappa shape index (κ1) is 13.2.